The summed E-state index contributed by atoms with van der Waals surface area (Å²) in [6, 6.07) is 1.32. The molecule has 3 unspecified atom stereocenters. The molecule has 1 aliphatic rings. The molecule has 82 valence electrons. The first kappa shape index (κ1) is 10.5. The Labute approximate surface area is 87.9 Å². The third-order valence-electron chi connectivity index (χ3n) is 2.74. The summed E-state index contributed by atoms with van der Waals surface area (Å²) in [5.74, 6) is -0.373. The van der Waals surface area contributed by atoms with Crippen LogP contribution in [0.2, 0.25) is 0 Å². The van der Waals surface area contributed by atoms with E-state index < -0.39 is 11.9 Å². The normalized spacial score (nSPS) is 27.9. The summed E-state index contributed by atoms with van der Waals surface area (Å²) in [6.45, 7) is 2.50. The third-order valence-corrected chi connectivity index (χ3v) is 2.74. The lowest BCUT2D eigenvalue weighted by Gasteiger charge is -2.16. The Balaban J connectivity index is 2.10. The number of pyridine rings is 1. The van der Waals surface area contributed by atoms with Gasteiger partial charge in [0, 0.05) is 17.7 Å². The molecule has 0 spiro atoms. The molecule has 0 aliphatic carbocycles. The summed E-state index contributed by atoms with van der Waals surface area (Å²) in [5.41, 5.74) is 0.526. The molecule has 1 saturated heterocycles. The number of hydrogen-bond acceptors (Lipinski definition) is 3. The molecule has 1 aromatic heterocycles. The first-order valence-electron chi connectivity index (χ1n) is 5.07. The Morgan fingerprint density at radius 3 is 3.00 bits per heavy atom. The standard InChI is InChI=1S/C11H14FNO2/c1-7-2-9(6-15-7)11(14)8-3-10(12)5-13-4-8/h3-5,7,9,11,14H,2,6H2,1H3. The first-order chi connectivity index (χ1) is 7.16. The van der Waals surface area contributed by atoms with Crippen LogP contribution in [-0.2, 0) is 4.74 Å². The Kier molecular flexibility index (Phi) is 2.98. The minimum absolute atomic E-state index is 0.0450. The van der Waals surface area contributed by atoms with Crippen molar-refractivity contribution in [3.63, 3.8) is 0 Å². The lowest BCUT2D eigenvalue weighted by Crippen LogP contribution is -2.13. The van der Waals surface area contributed by atoms with E-state index in [1.807, 2.05) is 6.92 Å². The molecule has 2 rings (SSSR count). The summed E-state index contributed by atoms with van der Waals surface area (Å²) in [6.07, 6.45) is 2.92. The highest BCUT2D eigenvalue weighted by atomic mass is 19.1. The van der Waals surface area contributed by atoms with Gasteiger partial charge >= 0.3 is 0 Å². The fourth-order valence-electron chi connectivity index (χ4n) is 1.93. The van der Waals surface area contributed by atoms with E-state index in [4.69, 9.17) is 4.74 Å². The Bertz CT molecular complexity index is 345. The Morgan fingerprint density at radius 1 is 1.60 bits per heavy atom. The van der Waals surface area contributed by atoms with Gasteiger partial charge in [0.1, 0.15) is 5.82 Å². The Hall–Kier alpha value is -1.00. The highest BCUT2D eigenvalue weighted by Crippen LogP contribution is 2.31. The SMILES string of the molecule is CC1CC(C(O)c2cncc(F)c2)CO1. The van der Waals surface area contributed by atoms with Crippen LogP contribution in [0.3, 0.4) is 0 Å². The van der Waals surface area contributed by atoms with Crippen molar-refractivity contribution in [2.45, 2.75) is 25.6 Å². The van der Waals surface area contributed by atoms with Crippen molar-refractivity contribution in [2.75, 3.05) is 6.61 Å². The van der Waals surface area contributed by atoms with E-state index in [0.717, 1.165) is 12.6 Å². The van der Waals surface area contributed by atoms with Gasteiger partial charge in [0.25, 0.3) is 0 Å². The zero-order chi connectivity index (χ0) is 10.8. The van der Waals surface area contributed by atoms with Gasteiger partial charge in [-0.3, -0.25) is 4.98 Å². The van der Waals surface area contributed by atoms with Crippen molar-refractivity contribution in [3.05, 3.63) is 29.8 Å². The number of nitrogens with zero attached hydrogens (tertiary/aromatic N) is 1. The van der Waals surface area contributed by atoms with E-state index in [0.29, 0.717) is 12.2 Å². The van der Waals surface area contributed by atoms with Crippen molar-refractivity contribution >= 4 is 0 Å². The van der Waals surface area contributed by atoms with Gasteiger partial charge < -0.3 is 9.84 Å². The summed E-state index contributed by atoms with van der Waals surface area (Å²) >= 11 is 0. The van der Waals surface area contributed by atoms with Gasteiger partial charge in [0.15, 0.2) is 0 Å². The fourth-order valence-corrected chi connectivity index (χ4v) is 1.93. The zero-order valence-electron chi connectivity index (χ0n) is 8.56. The molecule has 3 nitrogen and oxygen atoms in total. The fraction of sp³-hybridized carbons (Fsp3) is 0.545. The minimum atomic E-state index is -0.682. The van der Waals surface area contributed by atoms with Crippen LogP contribution in [0, 0.1) is 11.7 Å². The predicted molar refractivity (Wildman–Crippen MR) is 52.7 cm³/mol. The number of rotatable bonds is 2. The average molecular weight is 211 g/mol. The van der Waals surface area contributed by atoms with E-state index in [9.17, 15) is 9.50 Å². The van der Waals surface area contributed by atoms with E-state index >= 15 is 0 Å². The van der Waals surface area contributed by atoms with Crippen molar-refractivity contribution in [1.82, 2.24) is 4.98 Å². The number of halogens is 1. The van der Waals surface area contributed by atoms with Crippen LogP contribution in [0.15, 0.2) is 18.5 Å². The molecule has 0 amide bonds. The maximum atomic E-state index is 12.9. The second-order valence-corrected chi connectivity index (χ2v) is 4.02. The molecule has 0 aromatic carbocycles. The molecule has 1 fully saturated rings. The largest absolute Gasteiger partial charge is 0.388 e. The van der Waals surface area contributed by atoms with Gasteiger partial charge in [-0.1, -0.05) is 0 Å². The van der Waals surface area contributed by atoms with Gasteiger partial charge in [-0.25, -0.2) is 4.39 Å². The van der Waals surface area contributed by atoms with Crippen LogP contribution in [-0.4, -0.2) is 22.8 Å². The molecule has 1 aromatic rings. The molecule has 1 aliphatic heterocycles. The second-order valence-electron chi connectivity index (χ2n) is 4.02. The van der Waals surface area contributed by atoms with E-state index in [2.05, 4.69) is 4.98 Å². The predicted octanol–water partition coefficient (Wildman–Crippen LogP) is 1.68. The van der Waals surface area contributed by atoms with Gasteiger partial charge in [-0.2, -0.15) is 0 Å². The highest BCUT2D eigenvalue weighted by Gasteiger charge is 2.29. The molecule has 0 bridgehead atoms. The molecule has 1 N–H and O–H groups in total. The smallest absolute Gasteiger partial charge is 0.141 e. The van der Waals surface area contributed by atoms with Crippen molar-refractivity contribution < 1.29 is 14.2 Å². The van der Waals surface area contributed by atoms with E-state index in [-0.39, 0.29) is 12.0 Å². The molecular weight excluding hydrogens is 197 g/mol. The monoisotopic (exact) mass is 211 g/mol. The summed E-state index contributed by atoms with van der Waals surface area (Å²) in [5, 5.41) is 9.98. The highest BCUT2D eigenvalue weighted by molar-refractivity contribution is 5.14. The summed E-state index contributed by atoms with van der Waals surface area (Å²) < 4.78 is 18.3. The molecular formula is C11H14FNO2. The van der Waals surface area contributed by atoms with Crippen molar-refractivity contribution in [2.24, 2.45) is 5.92 Å². The number of aliphatic hydroxyl groups is 1. The zero-order valence-corrected chi connectivity index (χ0v) is 8.56. The molecule has 3 atom stereocenters. The Morgan fingerprint density at radius 2 is 2.40 bits per heavy atom. The van der Waals surface area contributed by atoms with Gasteiger partial charge in [-0.15, -0.1) is 0 Å². The van der Waals surface area contributed by atoms with Crippen molar-refractivity contribution in [1.29, 1.82) is 0 Å². The van der Waals surface area contributed by atoms with Crippen LogP contribution in [0.1, 0.15) is 25.0 Å². The number of hydrogen-bond donors (Lipinski definition) is 1. The van der Waals surface area contributed by atoms with E-state index in [1.165, 1.54) is 12.3 Å². The van der Waals surface area contributed by atoms with Crippen LogP contribution >= 0.6 is 0 Å². The first-order valence-corrected chi connectivity index (χ1v) is 5.07. The molecule has 15 heavy (non-hydrogen) atoms. The maximum Gasteiger partial charge on any atom is 0.141 e. The van der Waals surface area contributed by atoms with Crippen molar-refractivity contribution in [3.8, 4) is 0 Å². The molecule has 4 heteroatoms. The van der Waals surface area contributed by atoms with Crippen LogP contribution in [0.4, 0.5) is 4.39 Å². The molecule has 2 heterocycles. The van der Waals surface area contributed by atoms with E-state index in [1.54, 1.807) is 0 Å². The summed E-state index contributed by atoms with van der Waals surface area (Å²) in [4.78, 5) is 3.72. The third kappa shape index (κ3) is 2.33. The minimum Gasteiger partial charge on any atom is -0.388 e. The summed E-state index contributed by atoms with van der Waals surface area (Å²) in [7, 11) is 0. The van der Waals surface area contributed by atoms with Gasteiger partial charge in [-0.05, 0) is 19.4 Å². The lowest BCUT2D eigenvalue weighted by atomic mass is 9.95. The quantitative estimate of drug-likeness (QED) is 0.809. The van der Waals surface area contributed by atoms with Gasteiger partial charge in [0.05, 0.1) is 25.0 Å². The maximum absolute atomic E-state index is 12.9. The number of aliphatic hydroxyl groups excluding tert-OH is 1. The lowest BCUT2D eigenvalue weighted by molar-refractivity contribution is 0.0800. The molecule has 0 saturated carbocycles. The van der Waals surface area contributed by atoms with Crippen LogP contribution < -0.4 is 0 Å². The topological polar surface area (TPSA) is 42.4 Å². The molecule has 0 radical (unpaired) electrons. The number of aromatic nitrogens is 1. The average Bonchev–Trinajstić information content (AvgIpc) is 2.64. The van der Waals surface area contributed by atoms with Crippen LogP contribution in [0.25, 0.3) is 0 Å². The second kappa shape index (κ2) is 4.24. The van der Waals surface area contributed by atoms with Gasteiger partial charge in [0.2, 0.25) is 0 Å². The van der Waals surface area contributed by atoms with Crippen LogP contribution in [0.5, 0.6) is 0 Å². The number of ether oxygens (including phenoxy) is 1.